The minimum atomic E-state index is -0.0394. The molecular formula is C16H21ClN2O3. The monoisotopic (exact) mass is 324 g/mol. The summed E-state index contributed by atoms with van der Waals surface area (Å²) in [6.07, 6.45) is 1.98. The molecule has 0 unspecified atom stereocenters. The quantitative estimate of drug-likeness (QED) is 0.924. The number of rotatable bonds is 4. The molecule has 0 bridgehead atoms. The van der Waals surface area contributed by atoms with E-state index < -0.39 is 0 Å². The highest BCUT2D eigenvalue weighted by Crippen LogP contribution is 2.25. The second-order valence-electron chi connectivity index (χ2n) is 5.78. The smallest absolute Gasteiger partial charge is 0.238 e. The Labute approximate surface area is 135 Å². The first-order valence-corrected chi connectivity index (χ1v) is 8.09. The number of carbonyl (C=O) groups is 1. The van der Waals surface area contributed by atoms with Gasteiger partial charge in [-0.3, -0.25) is 9.69 Å². The van der Waals surface area contributed by atoms with Crippen molar-refractivity contribution >= 4 is 23.2 Å². The summed E-state index contributed by atoms with van der Waals surface area (Å²) in [6.45, 7) is 3.61. The van der Waals surface area contributed by atoms with Crippen LogP contribution < -0.4 is 5.32 Å². The van der Waals surface area contributed by atoms with Crippen LogP contribution in [-0.2, 0) is 14.3 Å². The van der Waals surface area contributed by atoms with E-state index in [1.165, 1.54) is 0 Å². The molecule has 1 N–H and O–H groups in total. The Morgan fingerprint density at radius 1 is 1.27 bits per heavy atom. The van der Waals surface area contributed by atoms with Gasteiger partial charge in [0.05, 0.1) is 19.8 Å². The number of hydrogen-bond donors (Lipinski definition) is 1. The number of nitrogens with zero attached hydrogens (tertiary/aromatic N) is 1. The molecule has 5 nitrogen and oxygen atoms in total. The summed E-state index contributed by atoms with van der Waals surface area (Å²) in [5.74, 6) is 0.448. The highest BCUT2D eigenvalue weighted by molar-refractivity contribution is 6.30. The van der Waals surface area contributed by atoms with Gasteiger partial charge < -0.3 is 14.8 Å². The molecule has 1 aromatic rings. The Hall–Kier alpha value is -1.14. The summed E-state index contributed by atoms with van der Waals surface area (Å²) in [4.78, 5) is 14.3. The molecule has 22 heavy (non-hydrogen) atoms. The first-order chi connectivity index (χ1) is 10.7. The lowest BCUT2D eigenvalue weighted by atomic mass is 9.96. The molecule has 0 radical (unpaired) electrons. The molecule has 2 heterocycles. The predicted octanol–water partition coefficient (Wildman–Crippen LogP) is 2.36. The maximum absolute atomic E-state index is 12.1. The Morgan fingerprint density at radius 3 is 2.68 bits per heavy atom. The fraction of sp³-hybridized carbons (Fsp3) is 0.562. The molecule has 3 rings (SSSR count). The second-order valence-corrected chi connectivity index (χ2v) is 6.22. The largest absolute Gasteiger partial charge is 0.350 e. The first kappa shape index (κ1) is 15.7. The second kappa shape index (κ2) is 7.42. The van der Waals surface area contributed by atoms with Crippen molar-refractivity contribution in [2.45, 2.75) is 19.1 Å². The molecule has 120 valence electrons. The van der Waals surface area contributed by atoms with Gasteiger partial charge in [-0.1, -0.05) is 17.7 Å². The minimum Gasteiger partial charge on any atom is -0.350 e. The van der Waals surface area contributed by atoms with E-state index in [1.54, 1.807) is 12.1 Å². The fourth-order valence-electron chi connectivity index (χ4n) is 3.00. The Balaban J connectivity index is 1.43. The summed E-state index contributed by atoms with van der Waals surface area (Å²) in [6, 6.07) is 7.20. The van der Waals surface area contributed by atoms with Crippen LogP contribution >= 0.6 is 11.6 Å². The number of benzene rings is 1. The predicted molar refractivity (Wildman–Crippen MR) is 84.9 cm³/mol. The lowest BCUT2D eigenvalue weighted by molar-refractivity contribution is -0.119. The van der Waals surface area contributed by atoms with Gasteiger partial charge in [-0.15, -0.1) is 0 Å². The average Bonchev–Trinajstić information content (AvgIpc) is 3.02. The van der Waals surface area contributed by atoms with Crippen molar-refractivity contribution in [1.82, 2.24) is 4.90 Å². The van der Waals surface area contributed by atoms with Gasteiger partial charge in [0, 0.05) is 16.6 Å². The van der Waals surface area contributed by atoms with Gasteiger partial charge in [-0.2, -0.15) is 0 Å². The SMILES string of the molecule is O=C(CN1CCC(C2OCCO2)CC1)Nc1cccc(Cl)c1. The van der Waals surface area contributed by atoms with Crippen LogP contribution in [0.3, 0.4) is 0 Å². The van der Waals surface area contributed by atoms with Crippen LogP contribution in [0.1, 0.15) is 12.8 Å². The molecule has 0 saturated carbocycles. The normalized spacial score (nSPS) is 21.1. The third-order valence-electron chi connectivity index (χ3n) is 4.14. The van der Waals surface area contributed by atoms with Crippen molar-refractivity contribution in [2.75, 3.05) is 38.2 Å². The van der Waals surface area contributed by atoms with Gasteiger partial charge in [0.2, 0.25) is 5.91 Å². The number of piperidine rings is 1. The summed E-state index contributed by atoms with van der Waals surface area (Å²) in [7, 11) is 0. The molecule has 2 aliphatic heterocycles. The third-order valence-corrected chi connectivity index (χ3v) is 4.38. The molecule has 0 aliphatic carbocycles. The van der Waals surface area contributed by atoms with Crippen molar-refractivity contribution in [1.29, 1.82) is 0 Å². The maximum Gasteiger partial charge on any atom is 0.238 e. The molecule has 2 fully saturated rings. The number of nitrogens with one attached hydrogen (secondary N) is 1. The number of anilines is 1. The van der Waals surface area contributed by atoms with Crippen molar-refractivity contribution in [3.05, 3.63) is 29.3 Å². The van der Waals surface area contributed by atoms with Crippen LogP contribution in [-0.4, -0.2) is 49.9 Å². The lowest BCUT2D eigenvalue weighted by Gasteiger charge is -2.33. The summed E-state index contributed by atoms with van der Waals surface area (Å²) in [5.41, 5.74) is 0.736. The van der Waals surface area contributed by atoms with Crippen LogP contribution in [0.25, 0.3) is 0 Å². The van der Waals surface area contributed by atoms with E-state index in [1.807, 2.05) is 12.1 Å². The Kier molecular flexibility index (Phi) is 5.31. The van der Waals surface area contributed by atoms with E-state index in [0.29, 0.717) is 30.7 Å². The van der Waals surface area contributed by atoms with Crippen molar-refractivity contribution in [3.63, 3.8) is 0 Å². The first-order valence-electron chi connectivity index (χ1n) is 7.72. The van der Waals surface area contributed by atoms with Crippen molar-refractivity contribution < 1.29 is 14.3 Å². The molecule has 2 aliphatic rings. The van der Waals surface area contributed by atoms with Gasteiger partial charge in [0.25, 0.3) is 0 Å². The molecule has 2 saturated heterocycles. The van der Waals surface area contributed by atoms with E-state index in [-0.39, 0.29) is 12.2 Å². The Bertz CT molecular complexity index is 512. The number of ether oxygens (including phenoxy) is 2. The summed E-state index contributed by atoms with van der Waals surface area (Å²) < 4.78 is 11.1. The van der Waals surface area contributed by atoms with Gasteiger partial charge in [0.1, 0.15) is 0 Å². The van der Waals surface area contributed by atoms with E-state index in [9.17, 15) is 4.79 Å². The van der Waals surface area contributed by atoms with E-state index in [4.69, 9.17) is 21.1 Å². The number of hydrogen-bond acceptors (Lipinski definition) is 4. The number of likely N-dealkylation sites (tertiary alicyclic amines) is 1. The van der Waals surface area contributed by atoms with Gasteiger partial charge >= 0.3 is 0 Å². The number of carbonyl (C=O) groups excluding carboxylic acids is 1. The summed E-state index contributed by atoms with van der Waals surface area (Å²) >= 11 is 5.91. The van der Waals surface area contributed by atoms with Gasteiger partial charge in [0.15, 0.2) is 6.29 Å². The van der Waals surface area contributed by atoms with Crippen LogP contribution in [0.2, 0.25) is 5.02 Å². The fourth-order valence-corrected chi connectivity index (χ4v) is 3.19. The zero-order chi connectivity index (χ0) is 15.4. The zero-order valence-electron chi connectivity index (χ0n) is 12.5. The van der Waals surface area contributed by atoms with Crippen LogP contribution in [0.4, 0.5) is 5.69 Å². The number of amides is 1. The standard InChI is InChI=1S/C16H21ClN2O3/c17-13-2-1-3-14(10-13)18-15(20)11-19-6-4-12(5-7-19)16-21-8-9-22-16/h1-3,10,12,16H,4-9,11H2,(H,18,20). The maximum atomic E-state index is 12.1. The average molecular weight is 325 g/mol. The topological polar surface area (TPSA) is 50.8 Å². The number of halogens is 1. The summed E-state index contributed by atoms with van der Waals surface area (Å²) in [5, 5.41) is 3.50. The van der Waals surface area contributed by atoms with Gasteiger partial charge in [-0.05, 0) is 44.1 Å². The van der Waals surface area contributed by atoms with Crippen molar-refractivity contribution in [3.8, 4) is 0 Å². The van der Waals surface area contributed by atoms with Gasteiger partial charge in [-0.25, -0.2) is 0 Å². The zero-order valence-corrected chi connectivity index (χ0v) is 13.2. The van der Waals surface area contributed by atoms with E-state index >= 15 is 0 Å². The molecule has 0 spiro atoms. The molecular weight excluding hydrogens is 304 g/mol. The molecule has 6 heteroatoms. The molecule has 0 aromatic heterocycles. The highest BCUT2D eigenvalue weighted by Gasteiger charge is 2.30. The highest BCUT2D eigenvalue weighted by atomic mass is 35.5. The Morgan fingerprint density at radius 2 is 2.00 bits per heavy atom. The molecule has 1 aromatic carbocycles. The molecule has 1 amide bonds. The van der Waals surface area contributed by atoms with Crippen molar-refractivity contribution in [2.24, 2.45) is 5.92 Å². The van der Waals surface area contributed by atoms with Crippen LogP contribution in [0.15, 0.2) is 24.3 Å². The van der Waals surface area contributed by atoms with Crippen LogP contribution in [0, 0.1) is 5.92 Å². The van der Waals surface area contributed by atoms with Crippen LogP contribution in [0.5, 0.6) is 0 Å². The lowest BCUT2D eigenvalue weighted by Crippen LogP contribution is -2.41. The van der Waals surface area contributed by atoms with E-state index in [2.05, 4.69) is 10.2 Å². The van der Waals surface area contributed by atoms with E-state index in [0.717, 1.165) is 31.6 Å². The third kappa shape index (κ3) is 4.20. The minimum absolute atomic E-state index is 0.00548. The molecule has 0 atom stereocenters.